The maximum Gasteiger partial charge on any atom is 0.349 e. The Balaban J connectivity index is 2.11. The molecule has 0 aliphatic rings. The first-order valence-electron chi connectivity index (χ1n) is 5.97. The number of benzene rings is 1. The first-order valence-corrected chi connectivity index (χ1v) is 5.97. The van der Waals surface area contributed by atoms with Crippen molar-refractivity contribution in [3.05, 3.63) is 53.3 Å². The van der Waals surface area contributed by atoms with Gasteiger partial charge in [-0.05, 0) is 0 Å². The van der Waals surface area contributed by atoms with E-state index in [2.05, 4.69) is 25.0 Å². The fraction of sp³-hybridized carbons (Fsp3) is 0. The average molecular weight is 264 g/mol. The van der Waals surface area contributed by atoms with Crippen molar-refractivity contribution in [2.45, 2.75) is 0 Å². The molecule has 3 aromatic heterocycles. The average Bonchev–Trinajstić information content (AvgIpc) is 2.94. The largest absolute Gasteiger partial charge is 0.349 e. The second-order valence-electron chi connectivity index (χ2n) is 4.25. The number of hydrogen-bond donors (Lipinski definition) is 1. The molecule has 1 N–H and O–H groups in total. The molecule has 0 atom stereocenters. The Kier molecular flexibility index (Phi) is 2.13. The van der Waals surface area contributed by atoms with Crippen LogP contribution in [0.1, 0.15) is 0 Å². The minimum absolute atomic E-state index is 0.374. The highest BCUT2D eigenvalue weighted by molar-refractivity contribution is 5.88. The summed E-state index contributed by atoms with van der Waals surface area (Å²) in [5.41, 5.74) is 1.37. The summed E-state index contributed by atoms with van der Waals surface area (Å²) in [6.07, 6.45) is 2.99. The number of aromatic nitrogens is 6. The lowest BCUT2D eigenvalue weighted by Gasteiger charge is -1.95. The maximum absolute atomic E-state index is 12.0. The van der Waals surface area contributed by atoms with Crippen LogP contribution in [0.25, 0.3) is 28.1 Å². The molecule has 0 aliphatic carbocycles. The molecule has 0 spiro atoms. The van der Waals surface area contributed by atoms with E-state index in [1.165, 1.54) is 10.8 Å². The maximum atomic E-state index is 12.0. The van der Waals surface area contributed by atoms with E-state index in [9.17, 15) is 4.79 Å². The summed E-state index contributed by atoms with van der Waals surface area (Å²) in [6.45, 7) is 0. The van der Waals surface area contributed by atoms with Crippen molar-refractivity contribution in [1.82, 2.24) is 29.5 Å². The zero-order valence-electron chi connectivity index (χ0n) is 10.2. The molecule has 20 heavy (non-hydrogen) atoms. The van der Waals surface area contributed by atoms with Crippen LogP contribution in [-0.4, -0.2) is 29.5 Å². The molecule has 4 rings (SSSR count). The number of nitrogens with one attached hydrogen (secondary N) is 1. The van der Waals surface area contributed by atoms with E-state index in [-0.39, 0.29) is 5.69 Å². The van der Waals surface area contributed by atoms with Crippen LogP contribution in [0.3, 0.4) is 0 Å². The van der Waals surface area contributed by atoms with E-state index in [1.54, 1.807) is 6.20 Å². The standard InChI is InChI=1S/C13H8N6O/c20-13-17-11-9(6-14-7-15-11)12-16-10(18-19(12)13)8-4-2-1-3-5-8/h1-7H,(H,14,15,17,20). The molecule has 1 aromatic carbocycles. The van der Waals surface area contributed by atoms with Crippen molar-refractivity contribution < 1.29 is 0 Å². The highest BCUT2D eigenvalue weighted by Crippen LogP contribution is 2.17. The van der Waals surface area contributed by atoms with Crippen molar-refractivity contribution in [3.8, 4) is 11.4 Å². The molecule has 0 saturated carbocycles. The molecule has 7 heteroatoms. The number of aromatic amines is 1. The third-order valence-electron chi connectivity index (χ3n) is 3.01. The van der Waals surface area contributed by atoms with E-state index in [4.69, 9.17) is 0 Å². The van der Waals surface area contributed by atoms with Crippen molar-refractivity contribution >= 4 is 16.7 Å². The molecule has 4 aromatic rings. The number of rotatable bonds is 1. The summed E-state index contributed by atoms with van der Waals surface area (Å²) < 4.78 is 1.23. The lowest BCUT2D eigenvalue weighted by atomic mass is 10.2. The minimum atomic E-state index is -0.374. The van der Waals surface area contributed by atoms with Gasteiger partial charge in [-0.25, -0.2) is 19.7 Å². The fourth-order valence-electron chi connectivity index (χ4n) is 2.08. The SMILES string of the molecule is O=c1[nH]c2ncncc2c2nc(-c3ccccc3)nn12. The molecule has 0 fully saturated rings. The van der Waals surface area contributed by atoms with Crippen LogP contribution in [0.4, 0.5) is 0 Å². The lowest BCUT2D eigenvalue weighted by molar-refractivity contribution is 0.879. The van der Waals surface area contributed by atoms with Crippen LogP contribution in [0.15, 0.2) is 47.7 Å². The van der Waals surface area contributed by atoms with Crippen LogP contribution < -0.4 is 5.69 Å². The Labute approximate surface area is 112 Å². The summed E-state index contributed by atoms with van der Waals surface area (Å²) in [5, 5.41) is 4.89. The number of hydrogen-bond acceptors (Lipinski definition) is 5. The molecule has 3 heterocycles. The Morgan fingerprint density at radius 3 is 2.85 bits per heavy atom. The molecule has 0 unspecified atom stereocenters. The summed E-state index contributed by atoms with van der Waals surface area (Å²) >= 11 is 0. The van der Waals surface area contributed by atoms with Gasteiger partial charge in [-0.3, -0.25) is 4.98 Å². The molecule has 0 amide bonds. The van der Waals surface area contributed by atoms with Gasteiger partial charge in [-0.15, -0.1) is 5.10 Å². The molecule has 96 valence electrons. The summed E-state index contributed by atoms with van der Waals surface area (Å²) in [5.74, 6) is 0.493. The van der Waals surface area contributed by atoms with Crippen molar-refractivity contribution in [2.75, 3.05) is 0 Å². The smallest absolute Gasteiger partial charge is 0.290 e. The summed E-state index contributed by atoms with van der Waals surface area (Å²) in [4.78, 5) is 27.0. The Morgan fingerprint density at radius 1 is 1.15 bits per heavy atom. The van der Waals surface area contributed by atoms with Crippen LogP contribution in [0.5, 0.6) is 0 Å². The monoisotopic (exact) mass is 264 g/mol. The van der Waals surface area contributed by atoms with Crippen LogP contribution in [-0.2, 0) is 0 Å². The van der Waals surface area contributed by atoms with Gasteiger partial charge in [0, 0.05) is 11.8 Å². The molecule has 0 aliphatic heterocycles. The van der Waals surface area contributed by atoms with E-state index >= 15 is 0 Å². The van der Waals surface area contributed by atoms with Gasteiger partial charge in [0.2, 0.25) is 0 Å². The highest BCUT2D eigenvalue weighted by Gasteiger charge is 2.12. The van der Waals surface area contributed by atoms with Crippen molar-refractivity contribution in [1.29, 1.82) is 0 Å². The summed E-state index contributed by atoms with van der Waals surface area (Å²) in [6, 6.07) is 9.48. The van der Waals surface area contributed by atoms with E-state index in [1.807, 2.05) is 30.3 Å². The Bertz CT molecular complexity index is 972. The van der Waals surface area contributed by atoms with Crippen LogP contribution >= 0.6 is 0 Å². The van der Waals surface area contributed by atoms with Gasteiger partial charge in [0.1, 0.15) is 12.0 Å². The van der Waals surface area contributed by atoms with Gasteiger partial charge < -0.3 is 0 Å². The van der Waals surface area contributed by atoms with Gasteiger partial charge in [-0.1, -0.05) is 30.3 Å². The lowest BCUT2D eigenvalue weighted by Crippen LogP contribution is -2.18. The van der Waals surface area contributed by atoms with Crippen LogP contribution in [0.2, 0.25) is 0 Å². The van der Waals surface area contributed by atoms with E-state index in [0.717, 1.165) is 5.56 Å². The minimum Gasteiger partial charge on any atom is -0.290 e. The molecular formula is C13H8N6O. The molecule has 7 nitrogen and oxygen atoms in total. The fourth-order valence-corrected chi connectivity index (χ4v) is 2.08. The second-order valence-corrected chi connectivity index (χ2v) is 4.25. The Morgan fingerprint density at radius 2 is 2.00 bits per heavy atom. The predicted octanol–water partition coefficient (Wildman–Crippen LogP) is 1.03. The number of fused-ring (bicyclic) bond motifs is 3. The summed E-state index contributed by atoms with van der Waals surface area (Å²) in [7, 11) is 0. The van der Waals surface area contributed by atoms with Gasteiger partial charge in [-0.2, -0.15) is 4.52 Å². The molecular weight excluding hydrogens is 256 g/mol. The third-order valence-corrected chi connectivity index (χ3v) is 3.01. The first kappa shape index (κ1) is 10.8. The predicted molar refractivity (Wildman–Crippen MR) is 72.1 cm³/mol. The van der Waals surface area contributed by atoms with E-state index in [0.29, 0.717) is 22.5 Å². The highest BCUT2D eigenvalue weighted by atomic mass is 16.1. The van der Waals surface area contributed by atoms with Gasteiger partial charge >= 0.3 is 5.69 Å². The first-order chi connectivity index (χ1) is 9.83. The van der Waals surface area contributed by atoms with Gasteiger partial charge in [0.05, 0.1) is 5.39 Å². The van der Waals surface area contributed by atoms with Crippen molar-refractivity contribution in [2.24, 2.45) is 0 Å². The van der Waals surface area contributed by atoms with Crippen LogP contribution in [0, 0.1) is 0 Å². The quantitative estimate of drug-likeness (QED) is 0.554. The topological polar surface area (TPSA) is 88.8 Å². The number of H-pyrrole nitrogens is 1. The molecule has 0 saturated heterocycles. The zero-order chi connectivity index (χ0) is 13.5. The number of nitrogens with zero attached hydrogens (tertiary/aromatic N) is 5. The molecule has 0 radical (unpaired) electrons. The Hall–Kier alpha value is -3.09. The van der Waals surface area contributed by atoms with Crippen molar-refractivity contribution in [3.63, 3.8) is 0 Å². The second kappa shape index (κ2) is 3.95. The van der Waals surface area contributed by atoms with Gasteiger partial charge in [0.25, 0.3) is 0 Å². The van der Waals surface area contributed by atoms with Gasteiger partial charge in [0.15, 0.2) is 11.5 Å². The molecule has 0 bridgehead atoms. The van der Waals surface area contributed by atoms with E-state index < -0.39 is 0 Å². The normalized spacial score (nSPS) is 11.2. The third kappa shape index (κ3) is 1.50. The zero-order valence-corrected chi connectivity index (χ0v) is 10.2.